The Morgan fingerprint density at radius 2 is 1.47 bits per heavy atom. The van der Waals surface area contributed by atoms with Crippen molar-refractivity contribution in [2.24, 2.45) is 0 Å². The second-order valence-corrected chi connectivity index (χ2v) is 7.71. The van der Waals surface area contributed by atoms with Gasteiger partial charge >= 0.3 is 28.5 Å². The molecule has 14 heteroatoms. The van der Waals surface area contributed by atoms with E-state index in [0.717, 1.165) is 24.3 Å². The van der Waals surface area contributed by atoms with Gasteiger partial charge in [-0.3, -0.25) is 0 Å². The predicted molar refractivity (Wildman–Crippen MR) is 111 cm³/mol. The lowest BCUT2D eigenvalue weighted by molar-refractivity contribution is -0.198. The summed E-state index contributed by atoms with van der Waals surface area (Å²) in [6.45, 7) is 2.01. The highest BCUT2D eigenvalue weighted by molar-refractivity contribution is 9.10. The minimum atomic E-state index is -4.66. The van der Waals surface area contributed by atoms with Gasteiger partial charge in [-0.2, -0.15) is 22.0 Å². The quantitative estimate of drug-likeness (QED) is 0.162. The molecule has 0 saturated carbocycles. The molecule has 0 spiro atoms. The molecule has 1 heterocycles. The van der Waals surface area contributed by atoms with Crippen LogP contribution in [0.3, 0.4) is 0 Å². The molecule has 1 aromatic heterocycles. The van der Waals surface area contributed by atoms with E-state index in [1.165, 1.54) is 13.8 Å². The molecule has 0 bridgehead atoms. The first kappa shape index (κ1) is 27.6. The standard InChI is InChI=1S/C20H16BrClF5NO6/c1-3-31-16(29)18(20(21,26)27,17(30)32-4-2)34-13-7-5-12(6-8-13)33-15-14(22)9-11(10-28-15)19(23,24)25/h5-10H,3-4H2,1-2H3. The number of ether oxygens (including phenoxy) is 4. The fourth-order valence-electron chi connectivity index (χ4n) is 2.44. The Bertz CT molecular complexity index is 1010. The van der Waals surface area contributed by atoms with Crippen LogP contribution in [0.5, 0.6) is 17.4 Å². The van der Waals surface area contributed by atoms with Crippen LogP contribution in [0.2, 0.25) is 5.02 Å². The molecule has 0 atom stereocenters. The van der Waals surface area contributed by atoms with Gasteiger partial charge in [0.2, 0.25) is 5.88 Å². The average molecular weight is 577 g/mol. The van der Waals surface area contributed by atoms with Crippen LogP contribution in [0, 0.1) is 0 Å². The van der Waals surface area contributed by atoms with E-state index in [0.29, 0.717) is 12.3 Å². The number of carbonyl (C=O) groups excluding carboxylic acids is 2. The van der Waals surface area contributed by atoms with E-state index in [1.54, 1.807) is 0 Å². The first-order valence-corrected chi connectivity index (χ1v) is 10.5. The number of esters is 2. The zero-order chi connectivity index (χ0) is 25.7. The van der Waals surface area contributed by atoms with Crippen molar-refractivity contribution >= 4 is 39.5 Å². The van der Waals surface area contributed by atoms with Crippen LogP contribution in [-0.2, 0) is 25.2 Å². The number of nitrogens with zero attached hydrogens (tertiary/aromatic N) is 1. The van der Waals surface area contributed by atoms with Crippen molar-refractivity contribution in [3.8, 4) is 17.4 Å². The molecular weight excluding hydrogens is 561 g/mol. The minimum absolute atomic E-state index is 0.0232. The number of hydrogen-bond donors (Lipinski definition) is 0. The Labute approximate surface area is 203 Å². The van der Waals surface area contributed by atoms with E-state index in [9.17, 15) is 31.5 Å². The Kier molecular flexibility index (Phi) is 8.70. The molecule has 0 fully saturated rings. The van der Waals surface area contributed by atoms with Crippen molar-refractivity contribution in [3.05, 3.63) is 47.1 Å². The second kappa shape index (κ2) is 10.7. The zero-order valence-corrected chi connectivity index (χ0v) is 19.8. The van der Waals surface area contributed by atoms with Gasteiger partial charge in [-0.25, -0.2) is 14.6 Å². The lowest BCUT2D eigenvalue weighted by Crippen LogP contribution is -2.63. The highest BCUT2D eigenvalue weighted by Gasteiger charge is 2.69. The largest absolute Gasteiger partial charge is 0.462 e. The van der Waals surface area contributed by atoms with Crippen LogP contribution < -0.4 is 9.47 Å². The van der Waals surface area contributed by atoms with Gasteiger partial charge in [0.25, 0.3) is 0 Å². The monoisotopic (exact) mass is 575 g/mol. The fourth-order valence-corrected chi connectivity index (χ4v) is 3.05. The third-order valence-electron chi connectivity index (χ3n) is 3.97. The highest BCUT2D eigenvalue weighted by Crippen LogP contribution is 2.41. The third kappa shape index (κ3) is 6.06. The number of alkyl halides is 6. The van der Waals surface area contributed by atoms with Crippen molar-refractivity contribution in [2.75, 3.05) is 13.2 Å². The zero-order valence-electron chi connectivity index (χ0n) is 17.4. The average Bonchev–Trinajstić information content (AvgIpc) is 2.73. The van der Waals surface area contributed by atoms with Crippen molar-refractivity contribution in [3.63, 3.8) is 0 Å². The van der Waals surface area contributed by atoms with Crippen molar-refractivity contribution in [2.45, 2.75) is 30.5 Å². The summed E-state index contributed by atoms with van der Waals surface area (Å²) >= 11 is 7.78. The summed E-state index contributed by atoms with van der Waals surface area (Å²) in [5.74, 6) is -4.17. The predicted octanol–water partition coefficient (Wildman–Crippen LogP) is 5.78. The van der Waals surface area contributed by atoms with Crippen LogP contribution in [0.4, 0.5) is 22.0 Å². The van der Waals surface area contributed by atoms with Crippen LogP contribution in [-0.4, -0.2) is 40.6 Å². The minimum Gasteiger partial charge on any atom is -0.462 e. The summed E-state index contributed by atoms with van der Waals surface area (Å²) in [4.78, 5) is 24.0. The highest BCUT2D eigenvalue weighted by atomic mass is 79.9. The molecule has 2 rings (SSSR count). The lowest BCUT2D eigenvalue weighted by atomic mass is 10.0. The van der Waals surface area contributed by atoms with E-state index in [2.05, 4.69) is 14.5 Å². The Morgan fingerprint density at radius 1 is 0.971 bits per heavy atom. The smallest absolute Gasteiger partial charge is 0.417 e. The van der Waals surface area contributed by atoms with Gasteiger partial charge < -0.3 is 18.9 Å². The third-order valence-corrected chi connectivity index (χ3v) is 4.80. The summed E-state index contributed by atoms with van der Waals surface area (Å²) in [6, 6.07) is 5.03. The molecule has 0 unspecified atom stereocenters. The number of rotatable bonds is 9. The van der Waals surface area contributed by atoms with Crippen LogP contribution in [0.1, 0.15) is 19.4 Å². The Hall–Kier alpha value is -2.67. The SMILES string of the molecule is CCOC(=O)C(Oc1ccc(Oc2ncc(C(F)(F)F)cc2Cl)cc1)(C(=O)OCC)C(F)(F)Br. The number of pyridine rings is 1. The van der Waals surface area contributed by atoms with Gasteiger partial charge in [0.15, 0.2) is 0 Å². The molecule has 0 amide bonds. The molecule has 0 aliphatic heterocycles. The molecule has 0 aliphatic carbocycles. The maximum Gasteiger partial charge on any atom is 0.417 e. The fraction of sp³-hybridized carbons (Fsp3) is 0.350. The molecule has 0 aliphatic rings. The van der Waals surface area contributed by atoms with Crippen molar-refractivity contribution < 1.29 is 50.5 Å². The maximum absolute atomic E-state index is 14.5. The van der Waals surface area contributed by atoms with Crippen molar-refractivity contribution in [1.29, 1.82) is 0 Å². The first-order chi connectivity index (χ1) is 15.8. The van der Waals surface area contributed by atoms with Gasteiger partial charge in [0, 0.05) is 6.20 Å². The van der Waals surface area contributed by atoms with Gasteiger partial charge in [-0.1, -0.05) is 11.6 Å². The van der Waals surface area contributed by atoms with E-state index in [4.69, 9.17) is 21.1 Å². The van der Waals surface area contributed by atoms with Crippen molar-refractivity contribution in [1.82, 2.24) is 4.98 Å². The van der Waals surface area contributed by atoms with Gasteiger partial charge in [-0.15, -0.1) is 0 Å². The van der Waals surface area contributed by atoms with E-state index in [1.807, 2.05) is 15.9 Å². The molecule has 186 valence electrons. The normalized spacial score (nSPS) is 12.1. The summed E-state index contributed by atoms with van der Waals surface area (Å²) in [7, 11) is 0. The summed E-state index contributed by atoms with van der Waals surface area (Å²) in [5, 5.41) is -0.433. The number of hydrogen-bond acceptors (Lipinski definition) is 7. The maximum atomic E-state index is 14.5. The second-order valence-electron chi connectivity index (χ2n) is 6.30. The number of halogens is 7. The molecule has 34 heavy (non-hydrogen) atoms. The van der Waals surface area contributed by atoms with Crippen LogP contribution in [0.15, 0.2) is 36.5 Å². The molecule has 1 aromatic carbocycles. The van der Waals surface area contributed by atoms with E-state index in [-0.39, 0.29) is 30.6 Å². The topological polar surface area (TPSA) is 84.0 Å². The molecule has 7 nitrogen and oxygen atoms in total. The lowest BCUT2D eigenvalue weighted by Gasteiger charge is -2.32. The first-order valence-electron chi connectivity index (χ1n) is 9.37. The van der Waals surface area contributed by atoms with Crippen LogP contribution >= 0.6 is 27.5 Å². The van der Waals surface area contributed by atoms with Gasteiger partial charge in [-0.05, 0) is 60.1 Å². The van der Waals surface area contributed by atoms with Gasteiger partial charge in [0.05, 0.1) is 18.8 Å². The molecule has 0 radical (unpaired) electrons. The Balaban J connectivity index is 2.34. The summed E-state index contributed by atoms with van der Waals surface area (Å²) in [6.07, 6.45) is -4.14. The molecule has 2 aromatic rings. The number of benzene rings is 1. The van der Waals surface area contributed by atoms with E-state index < -0.39 is 39.1 Å². The Morgan fingerprint density at radius 3 is 1.88 bits per heavy atom. The summed E-state index contributed by atoms with van der Waals surface area (Å²) in [5.41, 5.74) is -4.60. The molecule has 0 N–H and O–H groups in total. The van der Waals surface area contributed by atoms with Crippen LogP contribution in [0.25, 0.3) is 0 Å². The molecular formula is C20H16BrClF5NO6. The molecule has 0 saturated heterocycles. The number of aromatic nitrogens is 1. The summed E-state index contributed by atoms with van der Waals surface area (Å²) < 4.78 is 86.7. The van der Waals surface area contributed by atoms with Gasteiger partial charge in [0.1, 0.15) is 16.5 Å². The number of carbonyl (C=O) groups is 2. The van der Waals surface area contributed by atoms with E-state index >= 15 is 0 Å².